The van der Waals surface area contributed by atoms with Crippen LogP contribution in [0.1, 0.15) is 16.2 Å². The van der Waals surface area contributed by atoms with E-state index in [1.807, 2.05) is 30.3 Å². The van der Waals surface area contributed by atoms with Crippen molar-refractivity contribution in [2.45, 2.75) is 11.8 Å². The summed E-state index contributed by atoms with van der Waals surface area (Å²) < 4.78 is 17.2. The topological polar surface area (TPSA) is 74.5 Å². The molecule has 0 saturated heterocycles. The number of nitrogens with zero attached hydrogens (tertiary/aromatic N) is 2. The molecule has 3 aromatic rings. The molecule has 0 aliphatic heterocycles. The first-order valence-corrected chi connectivity index (χ1v) is 9.42. The van der Waals surface area contributed by atoms with Crippen molar-refractivity contribution in [1.29, 1.82) is 0 Å². The van der Waals surface area contributed by atoms with Crippen LogP contribution in [0.3, 0.4) is 0 Å². The van der Waals surface area contributed by atoms with Crippen LogP contribution in [0.15, 0.2) is 62.6 Å². The van der Waals surface area contributed by atoms with Gasteiger partial charge in [-0.2, -0.15) is 0 Å². The maximum atomic E-state index is 12.1. The lowest BCUT2D eigenvalue weighted by Crippen LogP contribution is -2.01. The number of ketones is 1. The average Bonchev–Trinajstić information content (AvgIpc) is 3.13. The average molecular weight is 435 g/mol. The molecule has 0 amide bonds. The highest BCUT2D eigenvalue weighted by Gasteiger charge is 2.12. The number of carbonyl (C=O) groups is 1. The molecular formula is C18H15BrN2O4S. The highest BCUT2D eigenvalue weighted by molar-refractivity contribution is 9.10. The number of thioether (sulfide) groups is 1. The molecule has 3 rings (SSSR count). The summed E-state index contributed by atoms with van der Waals surface area (Å²) in [4.78, 5) is 12.1. The smallest absolute Gasteiger partial charge is 0.277 e. The van der Waals surface area contributed by atoms with Gasteiger partial charge in [0.15, 0.2) is 12.4 Å². The monoisotopic (exact) mass is 434 g/mol. The van der Waals surface area contributed by atoms with E-state index >= 15 is 0 Å². The molecule has 2 aromatic carbocycles. The number of aromatic nitrogens is 2. The second-order valence-electron chi connectivity index (χ2n) is 5.15. The minimum absolute atomic E-state index is 0.00474. The number of hydrogen-bond acceptors (Lipinski definition) is 7. The molecule has 0 aliphatic carbocycles. The van der Waals surface area contributed by atoms with Gasteiger partial charge in [0.1, 0.15) is 11.5 Å². The van der Waals surface area contributed by atoms with Crippen LogP contribution in [0.4, 0.5) is 0 Å². The third kappa shape index (κ3) is 5.09. The zero-order valence-corrected chi connectivity index (χ0v) is 16.2. The molecular weight excluding hydrogens is 420 g/mol. The maximum Gasteiger partial charge on any atom is 0.277 e. The van der Waals surface area contributed by atoms with Gasteiger partial charge in [-0.1, -0.05) is 45.9 Å². The summed E-state index contributed by atoms with van der Waals surface area (Å²) in [5.74, 6) is 1.90. The first-order chi connectivity index (χ1) is 12.6. The van der Waals surface area contributed by atoms with Gasteiger partial charge >= 0.3 is 0 Å². The van der Waals surface area contributed by atoms with E-state index in [2.05, 4.69) is 26.1 Å². The summed E-state index contributed by atoms with van der Waals surface area (Å²) in [7, 11) is 1.59. The Labute approximate surface area is 163 Å². The minimum atomic E-state index is -0.00474. The summed E-state index contributed by atoms with van der Waals surface area (Å²) in [6.45, 7) is 0.140. The fraction of sp³-hybridized carbons (Fsp3) is 0.167. The lowest BCUT2D eigenvalue weighted by atomic mass is 10.2. The molecule has 0 radical (unpaired) electrons. The van der Waals surface area contributed by atoms with E-state index in [9.17, 15) is 4.79 Å². The van der Waals surface area contributed by atoms with Crippen LogP contribution in [-0.2, 0) is 6.61 Å². The molecule has 26 heavy (non-hydrogen) atoms. The SMILES string of the molecule is COc1cccc(OCc2nnc(SCC(=O)c3ccc(Br)cc3)o2)c1. The molecule has 1 heterocycles. The van der Waals surface area contributed by atoms with Gasteiger partial charge in [-0.25, -0.2) is 0 Å². The van der Waals surface area contributed by atoms with Crippen molar-refractivity contribution in [2.75, 3.05) is 12.9 Å². The summed E-state index contributed by atoms with van der Waals surface area (Å²) in [5, 5.41) is 8.18. The maximum absolute atomic E-state index is 12.1. The van der Waals surface area contributed by atoms with Gasteiger partial charge in [0.25, 0.3) is 11.1 Å². The number of carbonyl (C=O) groups excluding carboxylic acids is 1. The number of hydrogen-bond donors (Lipinski definition) is 0. The summed E-state index contributed by atoms with van der Waals surface area (Å²) >= 11 is 4.54. The molecule has 0 bridgehead atoms. The zero-order valence-electron chi connectivity index (χ0n) is 13.8. The number of rotatable bonds is 8. The molecule has 0 N–H and O–H groups in total. The van der Waals surface area contributed by atoms with E-state index in [1.165, 1.54) is 11.8 Å². The number of halogens is 1. The number of Topliss-reactive ketones (excluding diaryl/α,β-unsaturated/α-hetero) is 1. The molecule has 0 unspecified atom stereocenters. The number of methoxy groups -OCH3 is 1. The Morgan fingerprint density at radius 1 is 1.15 bits per heavy atom. The summed E-state index contributed by atoms with van der Waals surface area (Å²) in [5.41, 5.74) is 0.641. The molecule has 0 saturated carbocycles. The van der Waals surface area contributed by atoms with Crippen LogP contribution in [0, 0.1) is 0 Å². The van der Waals surface area contributed by atoms with Crippen LogP contribution in [0.25, 0.3) is 0 Å². The van der Waals surface area contributed by atoms with Gasteiger partial charge < -0.3 is 13.9 Å². The Morgan fingerprint density at radius 2 is 1.92 bits per heavy atom. The van der Waals surface area contributed by atoms with Crippen LogP contribution < -0.4 is 9.47 Å². The second-order valence-corrected chi connectivity index (χ2v) is 6.99. The molecule has 0 atom stereocenters. The van der Waals surface area contributed by atoms with Gasteiger partial charge in [0, 0.05) is 16.1 Å². The minimum Gasteiger partial charge on any atom is -0.497 e. The first kappa shape index (κ1) is 18.5. The molecule has 1 aromatic heterocycles. The summed E-state index contributed by atoms with van der Waals surface area (Å²) in [6, 6.07) is 14.4. The van der Waals surface area contributed by atoms with Crippen molar-refractivity contribution in [3.8, 4) is 11.5 Å². The van der Waals surface area contributed by atoms with Gasteiger partial charge in [0.2, 0.25) is 0 Å². The quantitative estimate of drug-likeness (QED) is 0.384. The van der Waals surface area contributed by atoms with Crippen molar-refractivity contribution in [3.63, 3.8) is 0 Å². The molecule has 0 spiro atoms. The van der Waals surface area contributed by atoms with Crippen molar-refractivity contribution >= 4 is 33.5 Å². The van der Waals surface area contributed by atoms with E-state index in [0.717, 1.165) is 4.47 Å². The lowest BCUT2D eigenvalue weighted by molar-refractivity contribution is 0.102. The van der Waals surface area contributed by atoms with Gasteiger partial charge in [0.05, 0.1) is 12.9 Å². The zero-order chi connectivity index (χ0) is 18.4. The van der Waals surface area contributed by atoms with Gasteiger partial charge in [-0.3, -0.25) is 4.79 Å². The third-order valence-electron chi connectivity index (χ3n) is 3.34. The van der Waals surface area contributed by atoms with Crippen LogP contribution in [0.2, 0.25) is 0 Å². The molecule has 6 nitrogen and oxygen atoms in total. The van der Waals surface area contributed by atoms with E-state index in [4.69, 9.17) is 13.9 Å². The predicted molar refractivity (Wildman–Crippen MR) is 101 cm³/mol. The Kier molecular flexibility index (Phi) is 6.30. The first-order valence-electron chi connectivity index (χ1n) is 7.65. The van der Waals surface area contributed by atoms with Crippen molar-refractivity contribution in [1.82, 2.24) is 10.2 Å². The van der Waals surface area contributed by atoms with Crippen LogP contribution in [0.5, 0.6) is 11.5 Å². The Hall–Kier alpha value is -2.32. The molecule has 0 aliphatic rings. The Balaban J connectivity index is 1.51. The van der Waals surface area contributed by atoms with E-state index < -0.39 is 0 Å². The van der Waals surface area contributed by atoms with Crippen molar-refractivity contribution < 1.29 is 18.7 Å². The molecule has 134 valence electrons. The van der Waals surface area contributed by atoms with Crippen molar-refractivity contribution in [3.05, 3.63) is 64.5 Å². The Morgan fingerprint density at radius 3 is 2.69 bits per heavy atom. The fourth-order valence-electron chi connectivity index (χ4n) is 2.04. The normalized spacial score (nSPS) is 10.5. The largest absolute Gasteiger partial charge is 0.497 e. The van der Waals surface area contributed by atoms with E-state index in [0.29, 0.717) is 28.2 Å². The standard InChI is InChI=1S/C18H15BrN2O4S/c1-23-14-3-2-4-15(9-14)24-10-17-20-21-18(25-17)26-11-16(22)12-5-7-13(19)8-6-12/h2-9H,10-11H2,1H3. The second kappa shape index (κ2) is 8.86. The highest BCUT2D eigenvalue weighted by atomic mass is 79.9. The third-order valence-corrected chi connectivity index (χ3v) is 4.69. The molecule has 0 fully saturated rings. The van der Waals surface area contributed by atoms with Gasteiger partial charge in [-0.15, -0.1) is 10.2 Å². The van der Waals surface area contributed by atoms with E-state index in [-0.39, 0.29) is 18.1 Å². The Bertz CT molecular complexity index is 883. The molecule has 8 heteroatoms. The fourth-order valence-corrected chi connectivity index (χ4v) is 2.98. The van der Waals surface area contributed by atoms with Crippen LogP contribution in [-0.4, -0.2) is 28.8 Å². The number of ether oxygens (including phenoxy) is 2. The van der Waals surface area contributed by atoms with Crippen LogP contribution >= 0.6 is 27.7 Å². The lowest BCUT2D eigenvalue weighted by Gasteiger charge is -2.05. The highest BCUT2D eigenvalue weighted by Crippen LogP contribution is 2.22. The summed E-state index contributed by atoms with van der Waals surface area (Å²) in [6.07, 6.45) is 0. The van der Waals surface area contributed by atoms with Crippen molar-refractivity contribution in [2.24, 2.45) is 0 Å². The van der Waals surface area contributed by atoms with E-state index in [1.54, 1.807) is 25.3 Å². The number of benzene rings is 2. The van der Waals surface area contributed by atoms with Gasteiger partial charge in [-0.05, 0) is 24.3 Å². The predicted octanol–water partition coefficient (Wildman–Crippen LogP) is 4.39.